The van der Waals surface area contributed by atoms with Crippen molar-refractivity contribution in [2.75, 3.05) is 113 Å². The molecule has 0 fully saturated rings. The highest BCUT2D eigenvalue weighted by Crippen LogP contribution is 2.16. The third-order valence-corrected chi connectivity index (χ3v) is 4.66. The number of ether oxygens (including phenoxy) is 7. The Bertz CT molecular complexity index is 752. The van der Waals surface area contributed by atoms with E-state index in [0.29, 0.717) is 66.1 Å². The van der Waals surface area contributed by atoms with Crippen molar-refractivity contribution in [2.24, 2.45) is 0 Å². The van der Waals surface area contributed by atoms with Gasteiger partial charge in [0, 0.05) is 31.3 Å². The lowest BCUT2D eigenvalue weighted by atomic mass is 10.1. The first-order chi connectivity index (χ1) is 18.6. The Hall–Kier alpha value is -2.36. The van der Waals surface area contributed by atoms with E-state index in [1.807, 2.05) is 0 Å². The fourth-order valence-corrected chi connectivity index (χ4v) is 2.84. The summed E-state index contributed by atoms with van der Waals surface area (Å²) in [5, 5.41) is 23.9. The maximum absolute atomic E-state index is 12.4. The van der Waals surface area contributed by atoms with Crippen LogP contribution < -0.4 is 10.6 Å². The van der Waals surface area contributed by atoms with Gasteiger partial charge in [-0.3, -0.25) is 9.59 Å². The molecule has 13 heteroatoms. The molecule has 1 rings (SSSR count). The molecule has 218 valence electrons. The molecule has 0 bridgehead atoms. The first-order valence-corrected chi connectivity index (χ1v) is 12.5. The number of carbonyl (C=O) groups excluding carboxylic acids is 2. The van der Waals surface area contributed by atoms with Gasteiger partial charge in [0.2, 0.25) is 0 Å². The molecule has 0 aliphatic carbocycles. The number of benzene rings is 1. The second kappa shape index (κ2) is 23.7. The molecule has 0 saturated heterocycles. The second-order valence-corrected chi connectivity index (χ2v) is 7.67. The van der Waals surface area contributed by atoms with Gasteiger partial charge in [-0.25, -0.2) is 0 Å². The number of rotatable bonds is 25. The lowest BCUT2D eigenvalue weighted by molar-refractivity contribution is 0.00415. The van der Waals surface area contributed by atoms with Crippen LogP contribution in [0, 0.1) is 0 Å². The Balaban J connectivity index is 2.16. The number of aromatic hydroxyl groups is 1. The van der Waals surface area contributed by atoms with Gasteiger partial charge in [-0.2, -0.15) is 0 Å². The Labute approximate surface area is 223 Å². The van der Waals surface area contributed by atoms with Crippen molar-refractivity contribution in [3.05, 3.63) is 29.3 Å². The summed E-state index contributed by atoms with van der Waals surface area (Å²) in [5.41, 5.74) is 0.310. The summed E-state index contributed by atoms with van der Waals surface area (Å²) in [4.78, 5) is 24.8. The van der Waals surface area contributed by atoms with Crippen LogP contribution in [0.25, 0.3) is 0 Å². The lowest BCUT2D eigenvalue weighted by Crippen LogP contribution is -2.29. The number of hydrogen-bond donors (Lipinski definition) is 4. The zero-order valence-corrected chi connectivity index (χ0v) is 22.1. The molecule has 38 heavy (non-hydrogen) atoms. The van der Waals surface area contributed by atoms with E-state index in [-0.39, 0.29) is 56.4 Å². The van der Waals surface area contributed by atoms with E-state index in [1.54, 1.807) is 7.11 Å². The number of phenols is 1. The van der Waals surface area contributed by atoms with Crippen molar-refractivity contribution in [1.82, 2.24) is 10.6 Å². The first kappa shape index (κ1) is 33.7. The van der Waals surface area contributed by atoms with Crippen molar-refractivity contribution in [1.29, 1.82) is 0 Å². The van der Waals surface area contributed by atoms with Crippen molar-refractivity contribution < 1.29 is 53.0 Å². The lowest BCUT2D eigenvalue weighted by Gasteiger charge is -2.10. The van der Waals surface area contributed by atoms with Crippen LogP contribution in [0.1, 0.15) is 20.7 Å². The fourth-order valence-electron chi connectivity index (χ4n) is 2.84. The maximum atomic E-state index is 12.4. The van der Waals surface area contributed by atoms with Crippen LogP contribution in [-0.2, 0) is 33.2 Å². The SMILES string of the molecule is COCCOCCOCCOCCNC(=O)c1cc(O)cc(C(=O)NCCOCCOCCOCCO)c1. The standard InChI is InChI=1S/C25H42N2O11/c1-32-8-9-36-16-17-38-14-11-34-6-3-27-25(31)22-18-21(19-23(29)20-22)24(30)26-2-5-33-10-13-37-15-12-35-7-4-28/h18-20,28-29H,2-17H2,1H3,(H,26,30)(H,27,31). The zero-order chi connectivity index (χ0) is 27.7. The van der Waals surface area contributed by atoms with Crippen LogP contribution in [0.5, 0.6) is 5.75 Å². The van der Waals surface area contributed by atoms with Crippen molar-refractivity contribution in [3.8, 4) is 5.75 Å². The highest BCUT2D eigenvalue weighted by Gasteiger charge is 2.13. The molecule has 0 aromatic heterocycles. The maximum Gasteiger partial charge on any atom is 0.251 e. The average Bonchev–Trinajstić information content (AvgIpc) is 2.91. The van der Waals surface area contributed by atoms with Crippen molar-refractivity contribution in [2.45, 2.75) is 0 Å². The number of methoxy groups -OCH3 is 1. The topological polar surface area (TPSA) is 163 Å². The van der Waals surface area contributed by atoms with Gasteiger partial charge in [0.05, 0.1) is 92.5 Å². The largest absolute Gasteiger partial charge is 0.508 e. The minimum Gasteiger partial charge on any atom is -0.508 e. The predicted octanol–water partition coefficient (Wildman–Crippen LogP) is -0.410. The number of amides is 2. The molecular formula is C25H42N2O11. The van der Waals surface area contributed by atoms with Crippen LogP contribution in [0.15, 0.2) is 18.2 Å². The van der Waals surface area contributed by atoms with E-state index in [4.69, 9.17) is 38.3 Å². The van der Waals surface area contributed by atoms with Crippen molar-refractivity contribution >= 4 is 11.8 Å². The number of hydrogen-bond acceptors (Lipinski definition) is 11. The molecule has 0 radical (unpaired) electrons. The fraction of sp³-hybridized carbons (Fsp3) is 0.680. The van der Waals surface area contributed by atoms with E-state index in [1.165, 1.54) is 18.2 Å². The summed E-state index contributed by atoms with van der Waals surface area (Å²) in [5.74, 6) is -1.07. The van der Waals surface area contributed by atoms with Gasteiger partial charge >= 0.3 is 0 Å². The minimum absolute atomic E-state index is 0.0215. The van der Waals surface area contributed by atoms with E-state index >= 15 is 0 Å². The number of carbonyl (C=O) groups is 2. The summed E-state index contributed by atoms with van der Waals surface area (Å²) in [6.07, 6.45) is 0. The Kier molecular flexibility index (Phi) is 21.0. The van der Waals surface area contributed by atoms with Gasteiger partial charge in [-0.15, -0.1) is 0 Å². The molecule has 1 aromatic carbocycles. The number of aliphatic hydroxyl groups excluding tert-OH is 1. The molecule has 0 atom stereocenters. The third kappa shape index (κ3) is 18.0. The highest BCUT2D eigenvalue weighted by molar-refractivity contribution is 6.00. The highest BCUT2D eigenvalue weighted by atomic mass is 16.6. The van der Waals surface area contributed by atoms with Gasteiger partial charge in [0.15, 0.2) is 0 Å². The average molecular weight is 547 g/mol. The molecule has 0 spiro atoms. The molecule has 1 aromatic rings. The zero-order valence-electron chi connectivity index (χ0n) is 22.1. The minimum atomic E-state index is -0.441. The quantitative estimate of drug-likeness (QED) is 0.118. The molecule has 2 amide bonds. The third-order valence-electron chi connectivity index (χ3n) is 4.66. The summed E-state index contributed by atoms with van der Waals surface area (Å²) in [6, 6.07) is 3.97. The molecule has 0 aliphatic heterocycles. The van der Waals surface area contributed by atoms with E-state index in [2.05, 4.69) is 10.6 Å². The molecule has 13 nitrogen and oxygen atoms in total. The van der Waals surface area contributed by atoms with Gasteiger partial charge in [0.25, 0.3) is 11.8 Å². The van der Waals surface area contributed by atoms with Gasteiger partial charge < -0.3 is 54.0 Å². The summed E-state index contributed by atoms with van der Waals surface area (Å²) < 4.78 is 36.7. The number of phenolic OH excluding ortho intramolecular Hbond substituents is 1. The molecule has 0 saturated carbocycles. The molecular weight excluding hydrogens is 504 g/mol. The monoisotopic (exact) mass is 546 g/mol. The second-order valence-electron chi connectivity index (χ2n) is 7.67. The van der Waals surface area contributed by atoms with Crippen LogP contribution in [0.3, 0.4) is 0 Å². The molecule has 0 heterocycles. The van der Waals surface area contributed by atoms with Crippen LogP contribution in [0.4, 0.5) is 0 Å². The first-order valence-electron chi connectivity index (χ1n) is 12.5. The normalized spacial score (nSPS) is 11.0. The smallest absolute Gasteiger partial charge is 0.251 e. The van der Waals surface area contributed by atoms with Crippen molar-refractivity contribution in [3.63, 3.8) is 0 Å². The number of aliphatic hydroxyl groups is 1. The van der Waals surface area contributed by atoms with Gasteiger partial charge in [-0.1, -0.05) is 0 Å². The van der Waals surface area contributed by atoms with Crippen LogP contribution >= 0.6 is 0 Å². The molecule has 0 aliphatic rings. The molecule has 0 unspecified atom stereocenters. The summed E-state index contributed by atoms with van der Waals surface area (Å²) in [6.45, 7) is 5.66. The molecule has 4 N–H and O–H groups in total. The Morgan fingerprint density at radius 2 is 0.974 bits per heavy atom. The van der Waals surface area contributed by atoms with E-state index < -0.39 is 11.8 Å². The van der Waals surface area contributed by atoms with E-state index in [9.17, 15) is 14.7 Å². The van der Waals surface area contributed by atoms with E-state index in [0.717, 1.165) is 0 Å². The van der Waals surface area contributed by atoms with Gasteiger partial charge in [-0.05, 0) is 18.2 Å². The van der Waals surface area contributed by atoms with Gasteiger partial charge in [0.1, 0.15) is 5.75 Å². The Morgan fingerprint density at radius 1 is 0.605 bits per heavy atom. The summed E-state index contributed by atoms with van der Waals surface area (Å²) in [7, 11) is 1.61. The Morgan fingerprint density at radius 3 is 1.37 bits per heavy atom. The predicted molar refractivity (Wildman–Crippen MR) is 137 cm³/mol. The number of nitrogens with one attached hydrogen (secondary N) is 2. The summed E-state index contributed by atoms with van der Waals surface area (Å²) >= 11 is 0. The van der Waals surface area contributed by atoms with Crippen LogP contribution in [-0.4, -0.2) is 135 Å². The van der Waals surface area contributed by atoms with Crippen LogP contribution in [0.2, 0.25) is 0 Å².